The zero-order chi connectivity index (χ0) is 24.7. The van der Waals surface area contributed by atoms with Crippen molar-refractivity contribution in [2.75, 3.05) is 26.2 Å². The lowest BCUT2D eigenvalue weighted by Gasteiger charge is -2.39. The maximum Gasteiger partial charge on any atom is 0.241 e. The van der Waals surface area contributed by atoms with E-state index in [9.17, 15) is 14.4 Å². The van der Waals surface area contributed by atoms with Crippen molar-refractivity contribution in [2.24, 2.45) is 0 Å². The molecular weight excluding hydrogens is 450 g/mol. The predicted molar refractivity (Wildman–Crippen MR) is 138 cm³/mol. The third kappa shape index (κ3) is 4.26. The Labute approximate surface area is 213 Å². The smallest absolute Gasteiger partial charge is 0.241 e. The van der Waals surface area contributed by atoms with Crippen LogP contribution in [0.15, 0.2) is 54.6 Å². The van der Waals surface area contributed by atoms with Crippen molar-refractivity contribution in [1.82, 2.24) is 14.7 Å². The number of carbonyl (C=O) groups is 3. The molecule has 1 atom stereocenters. The summed E-state index contributed by atoms with van der Waals surface area (Å²) in [6, 6.07) is 18.7. The standard InChI is InChI=1S/C30H35N3O3/c34-27(32-18-16-31(17-19-32)25-8-4-5-9-25)20-30(21-28(35)33(29(30)36)26-14-15-26)24-12-10-23(11-13-24)22-6-2-1-3-7-22/h1-3,6-7,10-13,25-26H,4-5,8-9,14-21H2/t30-/m1/s1. The zero-order valence-electron chi connectivity index (χ0n) is 20.9. The van der Waals surface area contributed by atoms with Crippen molar-refractivity contribution in [1.29, 1.82) is 0 Å². The number of amides is 3. The Balaban J connectivity index is 1.24. The van der Waals surface area contributed by atoms with E-state index in [-0.39, 0.29) is 36.6 Å². The van der Waals surface area contributed by atoms with Gasteiger partial charge in [-0.15, -0.1) is 0 Å². The van der Waals surface area contributed by atoms with Crippen molar-refractivity contribution < 1.29 is 14.4 Å². The lowest BCUT2D eigenvalue weighted by atomic mass is 9.75. The highest BCUT2D eigenvalue weighted by molar-refractivity contribution is 6.11. The van der Waals surface area contributed by atoms with Crippen LogP contribution in [0.4, 0.5) is 0 Å². The summed E-state index contributed by atoms with van der Waals surface area (Å²) in [5.41, 5.74) is 1.83. The highest BCUT2D eigenvalue weighted by Crippen LogP contribution is 2.45. The first kappa shape index (κ1) is 23.4. The molecule has 2 aliphatic heterocycles. The Morgan fingerprint density at radius 1 is 0.778 bits per heavy atom. The van der Waals surface area contributed by atoms with Gasteiger partial charge in [0.25, 0.3) is 0 Å². The maximum atomic E-state index is 13.8. The van der Waals surface area contributed by atoms with Crippen molar-refractivity contribution >= 4 is 17.7 Å². The van der Waals surface area contributed by atoms with E-state index in [2.05, 4.69) is 17.0 Å². The van der Waals surface area contributed by atoms with E-state index in [4.69, 9.17) is 0 Å². The fourth-order valence-electron chi connectivity index (χ4n) is 6.52. The molecule has 36 heavy (non-hydrogen) atoms. The van der Waals surface area contributed by atoms with E-state index in [1.165, 1.54) is 30.6 Å². The molecule has 0 radical (unpaired) electrons. The summed E-state index contributed by atoms with van der Waals surface area (Å²) in [6.45, 7) is 3.20. The second kappa shape index (κ2) is 9.47. The van der Waals surface area contributed by atoms with Crippen molar-refractivity contribution in [3.05, 3.63) is 60.2 Å². The Hall–Kier alpha value is -2.99. The van der Waals surface area contributed by atoms with E-state index in [0.717, 1.165) is 42.6 Å². The van der Waals surface area contributed by atoms with E-state index in [0.29, 0.717) is 19.1 Å². The molecule has 0 bridgehead atoms. The first-order valence-electron chi connectivity index (χ1n) is 13.6. The van der Waals surface area contributed by atoms with Gasteiger partial charge in [0, 0.05) is 51.1 Å². The van der Waals surface area contributed by atoms with Gasteiger partial charge < -0.3 is 4.90 Å². The summed E-state index contributed by atoms with van der Waals surface area (Å²) in [4.78, 5) is 46.5. The molecule has 6 nitrogen and oxygen atoms in total. The second-order valence-corrected chi connectivity index (χ2v) is 11.0. The first-order chi connectivity index (χ1) is 17.5. The van der Waals surface area contributed by atoms with Crippen LogP contribution in [0.25, 0.3) is 11.1 Å². The van der Waals surface area contributed by atoms with Gasteiger partial charge in [-0.3, -0.25) is 24.2 Å². The lowest BCUT2D eigenvalue weighted by Crippen LogP contribution is -2.53. The van der Waals surface area contributed by atoms with Crippen LogP contribution in [0.2, 0.25) is 0 Å². The molecule has 0 aromatic heterocycles. The minimum atomic E-state index is -1.10. The summed E-state index contributed by atoms with van der Waals surface area (Å²) < 4.78 is 0. The summed E-state index contributed by atoms with van der Waals surface area (Å²) >= 11 is 0. The van der Waals surface area contributed by atoms with Crippen molar-refractivity contribution in [3.8, 4) is 11.1 Å². The minimum Gasteiger partial charge on any atom is -0.340 e. The van der Waals surface area contributed by atoms with E-state index >= 15 is 0 Å². The Morgan fingerprint density at radius 3 is 2.06 bits per heavy atom. The molecule has 0 N–H and O–H groups in total. The molecule has 2 aliphatic carbocycles. The Bertz CT molecular complexity index is 1130. The van der Waals surface area contributed by atoms with E-state index in [1.807, 2.05) is 47.4 Å². The molecule has 6 rings (SSSR count). The fourth-order valence-corrected chi connectivity index (χ4v) is 6.52. The highest BCUT2D eigenvalue weighted by Gasteiger charge is 2.57. The van der Waals surface area contributed by atoms with Crippen LogP contribution in [0.3, 0.4) is 0 Å². The number of piperazine rings is 1. The van der Waals surface area contributed by atoms with Gasteiger partial charge >= 0.3 is 0 Å². The number of benzene rings is 2. The number of likely N-dealkylation sites (tertiary alicyclic amines) is 1. The van der Waals surface area contributed by atoms with E-state index < -0.39 is 5.41 Å². The van der Waals surface area contributed by atoms with Crippen LogP contribution in [0.5, 0.6) is 0 Å². The van der Waals surface area contributed by atoms with Crippen LogP contribution in [0.1, 0.15) is 56.9 Å². The molecule has 188 valence electrons. The molecule has 0 unspecified atom stereocenters. The zero-order valence-corrected chi connectivity index (χ0v) is 20.9. The molecule has 2 saturated carbocycles. The quantitative estimate of drug-likeness (QED) is 0.581. The van der Waals surface area contributed by atoms with Crippen molar-refractivity contribution in [2.45, 2.75) is 68.9 Å². The minimum absolute atomic E-state index is 0.00740. The van der Waals surface area contributed by atoms with Crippen LogP contribution >= 0.6 is 0 Å². The normalized spacial score (nSPS) is 25.7. The topological polar surface area (TPSA) is 60.9 Å². The predicted octanol–water partition coefficient (Wildman–Crippen LogP) is 3.99. The van der Waals surface area contributed by atoms with Gasteiger partial charge in [-0.2, -0.15) is 0 Å². The molecular formula is C30H35N3O3. The van der Waals surface area contributed by atoms with Gasteiger partial charge in [0.2, 0.25) is 17.7 Å². The molecule has 2 aromatic carbocycles. The number of hydrogen-bond acceptors (Lipinski definition) is 4. The maximum absolute atomic E-state index is 13.8. The number of carbonyl (C=O) groups excluding carboxylic acids is 3. The monoisotopic (exact) mass is 485 g/mol. The number of imide groups is 1. The van der Waals surface area contributed by atoms with Gasteiger partial charge in [-0.05, 0) is 42.4 Å². The van der Waals surface area contributed by atoms with Crippen LogP contribution < -0.4 is 0 Å². The second-order valence-electron chi connectivity index (χ2n) is 11.0. The lowest BCUT2D eigenvalue weighted by molar-refractivity contribution is -0.143. The molecule has 4 fully saturated rings. The van der Waals surface area contributed by atoms with Gasteiger partial charge in [-0.25, -0.2) is 0 Å². The number of nitrogens with zero attached hydrogens (tertiary/aromatic N) is 3. The van der Waals surface area contributed by atoms with Gasteiger partial charge in [-0.1, -0.05) is 67.4 Å². The van der Waals surface area contributed by atoms with Crippen LogP contribution in [-0.4, -0.2) is 70.7 Å². The summed E-state index contributed by atoms with van der Waals surface area (Å²) in [5, 5.41) is 0. The molecule has 2 heterocycles. The highest BCUT2D eigenvalue weighted by atomic mass is 16.2. The van der Waals surface area contributed by atoms with Crippen LogP contribution in [-0.2, 0) is 19.8 Å². The van der Waals surface area contributed by atoms with Gasteiger partial charge in [0.1, 0.15) is 0 Å². The molecule has 4 aliphatic rings. The van der Waals surface area contributed by atoms with Crippen LogP contribution in [0, 0.1) is 0 Å². The largest absolute Gasteiger partial charge is 0.340 e. The SMILES string of the molecule is O=C(C[C@]1(c2ccc(-c3ccccc3)cc2)CC(=O)N(C2CC2)C1=O)N1CCN(C2CCCC2)CC1. The average Bonchev–Trinajstić information content (AvgIpc) is 3.51. The third-order valence-corrected chi connectivity index (χ3v) is 8.77. The fraction of sp³-hybridized carbons (Fsp3) is 0.500. The number of hydrogen-bond donors (Lipinski definition) is 0. The summed E-state index contributed by atoms with van der Waals surface area (Å²) in [7, 11) is 0. The third-order valence-electron chi connectivity index (χ3n) is 8.77. The van der Waals surface area contributed by atoms with Gasteiger partial charge in [0.15, 0.2) is 0 Å². The van der Waals surface area contributed by atoms with Gasteiger partial charge in [0.05, 0.1) is 5.41 Å². The summed E-state index contributed by atoms with van der Waals surface area (Å²) in [5.74, 6) is -0.319. The molecule has 2 saturated heterocycles. The number of rotatable bonds is 6. The molecule has 6 heteroatoms. The first-order valence-corrected chi connectivity index (χ1v) is 13.6. The van der Waals surface area contributed by atoms with Crippen molar-refractivity contribution in [3.63, 3.8) is 0 Å². The summed E-state index contributed by atoms with van der Waals surface area (Å²) in [6.07, 6.45) is 7.05. The van der Waals surface area contributed by atoms with E-state index in [1.54, 1.807) is 0 Å². The molecule has 2 aromatic rings. The Morgan fingerprint density at radius 2 is 1.42 bits per heavy atom. The average molecular weight is 486 g/mol. The molecule has 3 amide bonds. The molecule has 0 spiro atoms. The Kier molecular flexibility index (Phi) is 6.16.